The van der Waals surface area contributed by atoms with Crippen LogP contribution in [0.25, 0.3) is 0 Å². The molecule has 0 atom stereocenters. The Balaban J connectivity index is 1.87. The third kappa shape index (κ3) is 1.57. The molecule has 0 saturated carbocycles. The maximum Gasteiger partial charge on any atom is 0.0590 e. The molecule has 0 unspecified atom stereocenters. The van der Waals surface area contributed by atoms with Crippen LogP contribution in [0.5, 0.6) is 0 Å². The molecule has 3 nitrogen and oxygen atoms in total. The van der Waals surface area contributed by atoms with Gasteiger partial charge in [0.05, 0.1) is 16.9 Å². The molecule has 0 radical (unpaired) electrons. The summed E-state index contributed by atoms with van der Waals surface area (Å²) in [5, 5.41) is 7.17. The first kappa shape index (κ1) is 9.04. The second-order valence-corrected chi connectivity index (χ2v) is 4.42. The summed E-state index contributed by atoms with van der Waals surface area (Å²) in [5.41, 5.74) is 2.66. The van der Waals surface area contributed by atoms with Gasteiger partial charge in [-0.25, -0.2) is 0 Å². The van der Waals surface area contributed by atoms with Gasteiger partial charge in [0, 0.05) is 19.8 Å². The van der Waals surface area contributed by atoms with Gasteiger partial charge in [0.25, 0.3) is 0 Å². The molecule has 0 aromatic heterocycles. The van der Waals surface area contributed by atoms with Crippen molar-refractivity contribution in [3.05, 3.63) is 24.3 Å². The van der Waals surface area contributed by atoms with E-state index in [1.54, 1.807) is 0 Å². The Morgan fingerprint density at radius 3 is 2.60 bits per heavy atom. The summed E-state index contributed by atoms with van der Waals surface area (Å²) >= 11 is 0. The maximum absolute atomic E-state index is 5.42. The first-order chi connectivity index (χ1) is 7.38. The Kier molecular flexibility index (Phi) is 2.06. The highest BCUT2D eigenvalue weighted by molar-refractivity contribution is 5.72. The molecule has 15 heavy (non-hydrogen) atoms. The monoisotopic (exact) mass is 204 g/mol. The van der Waals surface area contributed by atoms with Crippen LogP contribution in [0.1, 0.15) is 12.8 Å². The van der Waals surface area contributed by atoms with E-state index < -0.39 is 0 Å². The average Bonchev–Trinajstić information content (AvgIpc) is 2.30. The van der Waals surface area contributed by atoms with E-state index in [2.05, 4.69) is 34.9 Å². The number of fused-ring (bicyclic) bond motifs is 1. The summed E-state index contributed by atoms with van der Waals surface area (Å²) in [7, 11) is 0. The number of anilines is 2. The summed E-state index contributed by atoms with van der Waals surface area (Å²) in [4.78, 5) is 0. The molecule has 0 amide bonds. The van der Waals surface area contributed by atoms with Crippen LogP contribution in [0, 0.1) is 0 Å². The number of nitrogens with one attached hydrogen (secondary N) is 2. The van der Waals surface area contributed by atoms with Crippen LogP contribution in [0.3, 0.4) is 0 Å². The highest BCUT2D eigenvalue weighted by Crippen LogP contribution is 2.34. The van der Waals surface area contributed by atoms with Crippen molar-refractivity contribution in [2.24, 2.45) is 0 Å². The molecule has 1 aromatic rings. The minimum Gasteiger partial charge on any atom is -0.381 e. The van der Waals surface area contributed by atoms with Crippen LogP contribution in [-0.2, 0) is 4.74 Å². The summed E-state index contributed by atoms with van der Waals surface area (Å²) < 4.78 is 5.42. The van der Waals surface area contributed by atoms with Gasteiger partial charge >= 0.3 is 0 Å². The van der Waals surface area contributed by atoms with Crippen molar-refractivity contribution in [3.8, 4) is 0 Å². The zero-order valence-corrected chi connectivity index (χ0v) is 8.75. The van der Waals surface area contributed by atoms with Crippen LogP contribution in [0.2, 0.25) is 0 Å². The van der Waals surface area contributed by atoms with Gasteiger partial charge in [-0.1, -0.05) is 12.1 Å². The van der Waals surface area contributed by atoms with E-state index in [9.17, 15) is 0 Å². The molecule has 0 aliphatic carbocycles. The quantitative estimate of drug-likeness (QED) is 0.678. The number of hydrogen-bond acceptors (Lipinski definition) is 3. The Morgan fingerprint density at radius 1 is 1.07 bits per heavy atom. The molecule has 1 spiro atoms. The Labute approximate surface area is 89.8 Å². The zero-order chi connectivity index (χ0) is 10.1. The van der Waals surface area contributed by atoms with Gasteiger partial charge in [-0.05, 0) is 25.0 Å². The number of rotatable bonds is 0. The maximum atomic E-state index is 5.42. The van der Waals surface area contributed by atoms with Crippen molar-refractivity contribution < 1.29 is 4.74 Å². The normalized spacial score (nSPS) is 22.7. The molecular formula is C12H16N2O. The minimum atomic E-state index is 0.215. The van der Waals surface area contributed by atoms with Gasteiger partial charge in [0.1, 0.15) is 0 Å². The highest BCUT2D eigenvalue weighted by atomic mass is 16.5. The van der Waals surface area contributed by atoms with Crippen molar-refractivity contribution in [1.82, 2.24) is 0 Å². The van der Waals surface area contributed by atoms with Crippen LogP contribution in [0.4, 0.5) is 11.4 Å². The molecule has 1 fully saturated rings. The Bertz CT molecular complexity index is 358. The van der Waals surface area contributed by atoms with Gasteiger partial charge in [-0.2, -0.15) is 0 Å². The Morgan fingerprint density at radius 2 is 1.80 bits per heavy atom. The first-order valence-electron chi connectivity index (χ1n) is 5.57. The van der Waals surface area contributed by atoms with E-state index in [4.69, 9.17) is 4.74 Å². The van der Waals surface area contributed by atoms with Gasteiger partial charge in [-0.15, -0.1) is 0 Å². The molecule has 0 bridgehead atoms. The van der Waals surface area contributed by atoms with Crippen LogP contribution < -0.4 is 10.6 Å². The van der Waals surface area contributed by atoms with Gasteiger partial charge in [-0.3, -0.25) is 0 Å². The fourth-order valence-corrected chi connectivity index (χ4v) is 2.40. The molecule has 80 valence electrons. The van der Waals surface area contributed by atoms with Crippen LogP contribution >= 0.6 is 0 Å². The molecule has 2 aliphatic rings. The molecule has 3 heteroatoms. The predicted octanol–water partition coefficient (Wildman–Crippen LogP) is 2.07. The van der Waals surface area contributed by atoms with Gasteiger partial charge < -0.3 is 15.4 Å². The molecule has 2 aliphatic heterocycles. The summed E-state index contributed by atoms with van der Waals surface area (Å²) in [5.74, 6) is 0. The van der Waals surface area contributed by atoms with E-state index in [0.29, 0.717) is 0 Å². The largest absolute Gasteiger partial charge is 0.381 e. The summed E-state index contributed by atoms with van der Waals surface area (Å²) in [6.45, 7) is 2.75. The standard InChI is InChI=1S/C12H16N2O/c1-2-4-11-10(3-1)13-9-12(14-11)5-7-15-8-6-12/h1-4,13-14H,5-9H2. The van der Waals surface area contributed by atoms with E-state index >= 15 is 0 Å². The average molecular weight is 204 g/mol. The van der Waals surface area contributed by atoms with Crippen molar-refractivity contribution in [2.75, 3.05) is 30.4 Å². The number of hydrogen-bond donors (Lipinski definition) is 2. The SMILES string of the molecule is c1ccc2c(c1)NCC1(CCOCC1)N2. The third-order valence-corrected chi connectivity index (χ3v) is 3.39. The molecule has 1 saturated heterocycles. The molecule has 1 aromatic carbocycles. The van der Waals surface area contributed by atoms with E-state index in [1.807, 2.05) is 0 Å². The van der Waals surface area contributed by atoms with Gasteiger partial charge in [0.2, 0.25) is 0 Å². The van der Waals surface area contributed by atoms with Crippen LogP contribution in [0.15, 0.2) is 24.3 Å². The fraction of sp³-hybridized carbons (Fsp3) is 0.500. The zero-order valence-electron chi connectivity index (χ0n) is 8.75. The third-order valence-electron chi connectivity index (χ3n) is 3.39. The molecule has 2 heterocycles. The molecule has 3 rings (SSSR count). The second kappa shape index (κ2) is 3.42. The van der Waals surface area contributed by atoms with Crippen LogP contribution in [-0.4, -0.2) is 25.3 Å². The minimum absolute atomic E-state index is 0.215. The van der Waals surface area contributed by atoms with E-state index in [-0.39, 0.29) is 5.54 Å². The fourth-order valence-electron chi connectivity index (χ4n) is 2.40. The summed E-state index contributed by atoms with van der Waals surface area (Å²) in [6, 6.07) is 8.40. The molecule has 2 N–H and O–H groups in total. The van der Waals surface area contributed by atoms with E-state index in [0.717, 1.165) is 32.6 Å². The highest BCUT2D eigenvalue weighted by Gasteiger charge is 2.35. The first-order valence-corrected chi connectivity index (χ1v) is 5.57. The van der Waals surface area contributed by atoms with Crippen molar-refractivity contribution in [1.29, 1.82) is 0 Å². The lowest BCUT2D eigenvalue weighted by molar-refractivity contribution is 0.0635. The smallest absolute Gasteiger partial charge is 0.0590 e. The second-order valence-electron chi connectivity index (χ2n) is 4.42. The number of para-hydroxylation sites is 2. The lowest BCUT2D eigenvalue weighted by Crippen LogP contribution is -2.51. The van der Waals surface area contributed by atoms with Gasteiger partial charge in [0.15, 0.2) is 0 Å². The van der Waals surface area contributed by atoms with Crippen molar-refractivity contribution >= 4 is 11.4 Å². The van der Waals surface area contributed by atoms with Crippen molar-refractivity contribution in [3.63, 3.8) is 0 Å². The Hall–Kier alpha value is -1.22. The molecular weight excluding hydrogens is 188 g/mol. The summed E-state index contributed by atoms with van der Waals surface area (Å²) in [6.07, 6.45) is 2.18. The predicted molar refractivity (Wildman–Crippen MR) is 61.3 cm³/mol. The lowest BCUT2D eigenvalue weighted by Gasteiger charge is -2.43. The number of benzene rings is 1. The van der Waals surface area contributed by atoms with Crippen molar-refractivity contribution in [2.45, 2.75) is 18.4 Å². The van der Waals surface area contributed by atoms with E-state index in [1.165, 1.54) is 11.4 Å². The topological polar surface area (TPSA) is 33.3 Å². The lowest BCUT2D eigenvalue weighted by atomic mass is 9.87. The number of ether oxygens (including phenoxy) is 1.